The van der Waals surface area contributed by atoms with Crippen molar-refractivity contribution in [3.8, 4) is 11.8 Å². The van der Waals surface area contributed by atoms with Crippen molar-refractivity contribution >= 4 is 23.2 Å². The summed E-state index contributed by atoms with van der Waals surface area (Å²) in [4.78, 5) is 11.3. The number of para-hydroxylation sites is 1. The van der Waals surface area contributed by atoms with Crippen LogP contribution in [0.4, 0.5) is 5.69 Å². The molecule has 0 atom stereocenters. The fourth-order valence-electron chi connectivity index (χ4n) is 1.23. The van der Waals surface area contributed by atoms with E-state index in [2.05, 4.69) is 5.32 Å². The largest absolute Gasteiger partial charge is 0.487 e. The molecule has 0 aliphatic rings. The molecule has 90 valence electrons. The number of benzene rings is 1. The molecular weight excluding hydrogens is 240 g/mol. The third-order valence-electron chi connectivity index (χ3n) is 1.83. The Morgan fingerprint density at radius 2 is 2.29 bits per heavy atom. The molecule has 1 amide bonds. The first-order valence-electron chi connectivity index (χ1n) is 5.16. The van der Waals surface area contributed by atoms with Crippen LogP contribution in [0, 0.1) is 11.3 Å². The normalized spacial score (nSPS) is 9.82. The monoisotopic (exact) mass is 252 g/mol. The SMILES string of the molecule is CC(C)Oc1c(Cl)cccc1NC(=O)CC#N. The van der Waals surface area contributed by atoms with E-state index in [9.17, 15) is 4.79 Å². The van der Waals surface area contributed by atoms with E-state index in [1.807, 2.05) is 13.8 Å². The standard InChI is InChI=1S/C12H13ClN2O2/c1-8(2)17-12-9(13)4-3-5-10(12)15-11(16)6-7-14/h3-5,8H,6H2,1-2H3,(H,15,16). The van der Waals surface area contributed by atoms with Crippen molar-refractivity contribution in [2.75, 3.05) is 5.32 Å². The summed E-state index contributed by atoms with van der Waals surface area (Å²) in [6.07, 6.45) is -0.255. The Kier molecular flexibility index (Phi) is 4.80. The van der Waals surface area contributed by atoms with E-state index in [0.29, 0.717) is 16.5 Å². The molecule has 1 aromatic carbocycles. The van der Waals surface area contributed by atoms with Gasteiger partial charge in [-0.3, -0.25) is 4.79 Å². The first-order chi connectivity index (χ1) is 8.04. The van der Waals surface area contributed by atoms with Crippen molar-refractivity contribution in [3.63, 3.8) is 0 Å². The first kappa shape index (κ1) is 13.3. The van der Waals surface area contributed by atoms with Gasteiger partial charge in [-0.25, -0.2) is 0 Å². The second-order valence-electron chi connectivity index (χ2n) is 3.67. The number of nitrogens with one attached hydrogen (secondary N) is 1. The van der Waals surface area contributed by atoms with Gasteiger partial charge in [0.25, 0.3) is 0 Å². The predicted octanol–water partition coefficient (Wildman–Crippen LogP) is 2.98. The zero-order valence-electron chi connectivity index (χ0n) is 9.66. The maximum atomic E-state index is 11.3. The molecule has 0 radical (unpaired) electrons. The Labute approximate surface area is 105 Å². The van der Waals surface area contributed by atoms with Crippen LogP contribution in [0.5, 0.6) is 5.75 Å². The molecule has 0 aromatic heterocycles. The van der Waals surface area contributed by atoms with Crippen LogP contribution in [0.1, 0.15) is 20.3 Å². The van der Waals surface area contributed by atoms with Gasteiger partial charge in [0.2, 0.25) is 5.91 Å². The highest BCUT2D eigenvalue weighted by Gasteiger charge is 2.12. The Hall–Kier alpha value is -1.73. The van der Waals surface area contributed by atoms with Gasteiger partial charge >= 0.3 is 0 Å². The number of nitriles is 1. The fourth-order valence-corrected chi connectivity index (χ4v) is 1.45. The number of nitrogens with zero attached hydrogens (tertiary/aromatic N) is 1. The predicted molar refractivity (Wildman–Crippen MR) is 66.1 cm³/mol. The van der Waals surface area contributed by atoms with Gasteiger partial charge in [-0.2, -0.15) is 5.26 Å². The maximum absolute atomic E-state index is 11.3. The van der Waals surface area contributed by atoms with Crippen molar-refractivity contribution in [1.82, 2.24) is 0 Å². The Morgan fingerprint density at radius 1 is 1.59 bits per heavy atom. The van der Waals surface area contributed by atoms with E-state index < -0.39 is 0 Å². The summed E-state index contributed by atoms with van der Waals surface area (Å²) in [6, 6.07) is 6.84. The van der Waals surface area contributed by atoms with Crippen LogP contribution in [0.2, 0.25) is 5.02 Å². The van der Waals surface area contributed by atoms with E-state index in [4.69, 9.17) is 21.6 Å². The fraction of sp³-hybridized carbons (Fsp3) is 0.333. The smallest absolute Gasteiger partial charge is 0.238 e. The zero-order chi connectivity index (χ0) is 12.8. The molecule has 5 heteroatoms. The minimum Gasteiger partial charge on any atom is -0.487 e. The van der Waals surface area contributed by atoms with Gasteiger partial charge in [0.15, 0.2) is 5.75 Å². The summed E-state index contributed by atoms with van der Waals surface area (Å²) < 4.78 is 5.53. The quantitative estimate of drug-likeness (QED) is 0.896. The number of hydrogen-bond donors (Lipinski definition) is 1. The highest BCUT2D eigenvalue weighted by atomic mass is 35.5. The van der Waals surface area contributed by atoms with E-state index >= 15 is 0 Å². The number of amides is 1. The molecule has 0 aliphatic heterocycles. The van der Waals surface area contributed by atoms with Crippen LogP contribution in [0.25, 0.3) is 0 Å². The highest BCUT2D eigenvalue weighted by molar-refractivity contribution is 6.32. The number of carbonyl (C=O) groups is 1. The average Bonchev–Trinajstić information content (AvgIpc) is 2.23. The Bertz CT molecular complexity index is 452. The minimum absolute atomic E-state index is 0.0541. The second kappa shape index (κ2) is 6.12. The van der Waals surface area contributed by atoms with Crippen molar-refractivity contribution in [2.24, 2.45) is 0 Å². The van der Waals surface area contributed by atoms with Crippen molar-refractivity contribution in [1.29, 1.82) is 5.26 Å². The van der Waals surface area contributed by atoms with Crippen molar-refractivity contribution in [3.05, 3.63) is 23.2 Å². The Morgan fingerprint density at radius 3 is 2.88 bits per heavy atom. The number of carbonyl (C=O) groups excluding carboxylic acids is 1. The number of anilines is 1. The van der Waals surface area contributed by atoms with Gasteiger partial charge < -0.3 is 10.1 Å². The molecule has 1 N–H and O–H groups in total. The van der Waals surface area contributed by atoms with Gasteiger partial charge in [0, 0.05) is 0 Å². The lowest BCUT2D eigenvalue weighted by molar-refractivity contribution is -0.115. The summed E-state index contributed by atoms with van der Waals surface area (Å²) in [7, 11) is 0. The van der Waals surface area contributed by atoms with Crippen molar-refractivity contribution < 1.29 is 9.53 Å². The third-order valence-corrected chi connectivity index (χ3v) is 2.13. The van der Waals surface area contributed by atoms with Crippen LogP contribution in [0.3, 0.4) is 0 Å². The second-order valence-corrected chi connectivity index (χ2v) is 4.07. The number of ether oxygens (including phenoxy) is 1. The first-order valence-corrected chi connectivity index (χ1v) is 5.54. The van der Waals surface area contributed by atoms with Gasteiger partial charge in [-0.1, -0.05) is 17.7 Å². The average molecular weight is 253 g/mol. The molecule has 0 unspecified atom stereocenters. The summed E-state index contributed by atoms with van der Waals surface area (Å²) in [5.74, 6) is 0.0406. The van der Waals surface area contributed by atoms with Crippen LogP contribution >= 0.6 is 11.6 Å². The molecule has 0 fully saturated rings. The summed E-state index contributed by atoms with van der Waals surface area (Å²) in [5, 5.41) is 11.4. The highest BCUT2D eigenvalue weighted by Crippen LogP contribution is 2.33. The van der Waals surface area contributed by atoms with Crippen LogP contribution in [0.15, 0.2) is 18.2 Å². The lowest BCUT2D eigenvalue weighted by Crippen LogP contribution is -2.13. The van der Waals surface area contributed by atoms with Crippen LogP contribution in [-0.2, 0) is 4.79 Å². The number of rotatable bonds is 4. The number of hydrogen-bond acceptors (Lipinski definition) is 3. The maximum Gasteiger partial charge on any atom is 0.238 e. The van der Waals surface area contributed by atoms with E-state index in [1.54, 1.807) is 24.3 Å². The molecule has 17 heavy (non-hydrogen) atoms. The molecule has 1 aromatic rings. The lowest BCUT2D eigenvalue weighted by Gasteiger charge is -2.15. The zero-order valence-corrected chi connectivity index (χ0v) is 10.4. The van der Waals surface area contributed by atoms with Gasteiger partial charge in [0.05, 0.1) is 22.9 Å². The molecule has 0 saturated heterocycles. The summed E-state index contributed by atoms with van der Waals surface area (Å²) in [6.45, 7) is 3.73. The van der Waals surface area contributed by atoms with Gasteiger partial charge in [-0.05, 0) is 26.0 Å². The summed E-state index contributed by atoms with van der Waals surface area (Å²) >= 11 is 5.99. The topological polar surface area (TPSA) is 62.1 Å². The summed E-state index contributed by atoms with van der Waals surface area (Å²) in [5.41, 5.74) is 0.478. The van der Waals surface area contributed by atoms with E-state index in [-0.39, 0.29) is 18.4 Å². The van der Waals surface area contributed by atoms with Crippen molar-refractivity contribution in [2.45, 2.75) is 26.4 Å². The van der Waals surface area contributed by atoms with E-state index in [0.717, 1.165) is 0 Å². The van der Waals surface area contributed by atoms with Gasteiger partial charge in [0.1, 0.15) is 6.42 Å². The molecular formula is C12H13ClN2O2. The molecule has 0 spiro atoms. The van der Waals surface area contributed by atoms with Crippen LogP contribution in [-0.4, -0.2) is 12.0 Å². The van der Waals surface area contributed by atoms with E-state index in [1.165, 1.54) is 0 Å². The lowest BCUT2D eigenvalue weighted by atomic mass is 10.2. The molecule has 1 rings (SSSR count). The molecule has 0 bridgehead atoms. The molecule has 4 nitrogen and oxygen atoms in total. The molecule has 0 heterocycles. The van der Waals surface area contributed by atoms with Gasteiger partial charge in [-0.15, -0.1) is 0 Å². The third kappa shape index (κ3) is 3.97. The minimum atomic E-state index is -0.386. The molecule has 0 aliphatic carbocycles. The Balaban J connectivity index is 2.94. The molecule has 0 saturated carbocycles. The number of halogens is 1. The van der Waals surface area contributed by atoms with Crippen LogP contribution < -0.4 is 10.1 Å².